The summed E-state index contributed by atoms with van der Waals surface area (Å²) in [5, 5.41) is 20.8. The molecular weight excluding hydrogens is 196 g/mol. The Morgan fingerprint density at radius 2 is 2.07 bits per heavy atom. The SMILES string of the molecule is NCCCC(=O)Nc1ccc(O)c(O)c1. The van der Waals surface area contributed by atoms with Crippen LogP contribution < -0.4 is 11.1 Å². The summed E-state index contributed by atoms with van der Waals surface area (Å²) in [4.78, 5) is 11.3. The molecule has 0 atom stereocenters. The van der Waals surface area contributed by atoms with Crippen molar-refractivity contribution < 1.29 is 15.0 Å². The molecule has 0 saturated heterocycles. The number of carbonyl (C=O) groups excluding carboxylic acids is 1. The minimum atomic E-state index is -0.258. The normalized spacial score (nSPS) is 9.93. The van der Waals surface area contributed by atoms with Crippen molar-refractivity contribution in [3.8, 4) is 11.5 Å². The molecule has 1 aromatic rings. The molecule has 1 aromatic carbocycles. The summed E-state index contributed by atoms with van der Waals surface area (Å²) >= 11 is 0. The van der Waals surface area contributed by atoms with E-state index < -0.39 is 0 Å². The molecule has 5 nitrogen and oxygen atoms in total. The lowest BCUT2D eigenvalue weighted by Gasteiger charge is -2.05. The Morgan fingerprint density at radius 3 is 2.67 bits per heavy atom. The van der Waals surface area contributed by atoms with Gasteiger partial charge in [0.1, 0.15) is 0 Å². The highest BCUT2D eigenvalue weighted by Gasteiger charge is 2.04. The van der Waals surface area contributed by atoms with Crippen LogP contribution in [0.5, 0.6) is 11.5 Å². The van der Waals surface area contributed by atoms with Crippen molar-refractivity contribution in [3.63, 3.8) is 0 Å². The van der Waals surface area contributed by atoms with Gasteiger partial charge in [0.15, 0.2) is 11.5 Å². The molecule has 0 unspecified atom stereocenters. The first kappa shape index (κ1) is 11.3. The highest BCUT2D eigenvalue weighted by atomic mass is 16.3. The molecular formula is C10H14N2O3. The first-order chi connectivity index (χ1) is 7.13. The predicted octanol–water partition coefficient (Wildman–Crippen LogP) is 0.775. The highest BCUT2D eigenvalue weighted by Crippen LogP contribution is 2.27. The number of amides is 1. The minimum absolute atomic E-state index is 0.162. The van der Waals surface area contributed by atoms with Crippen LogP contribution in [0.15, 0.2) is 18.2 Å². The van der Waals surface area contributed by atoms with E-state index in [9.17, 15) is 4.79 Å². The van der Waals surface area contributed by atoms with Crippen LogP contribution in [-0.2, 0) is 4.79 Å². The molecule has 0 saturated carbocycles. The monoisotopic (exact) mass is 210 g/mol. The Balaban J connectivity index is 2.57. The fourth-order valence-corrected chi connectivity index (χ4v) is 1.09. The molecule has 0 heterocycles. The molecule has 0 aliphatic carbocycles. The first-order valence-corrected chi connectivity index (χ1v) is 4.65. The maximum absolute atomic E-state index is 11.3. The van der Waals surface area contributed by atoms with Crippen LogP contribution in [0.4, 0.5) is 5.69 Å². The molecule has 5 heteroatoms. The predicted molar refractivity (Wildman–Crippen MR) is 56.7 cm³/mol. The summed E-state index contributed by atoms with van der Waals surface area (Å²) in [6.45, 7) is 0.467. The average Bonchev–Trinajstić information content (AvgIpc) is 2.20. The van der Waals surface area contributed by atoms with E-state index in [0.29, 0.717) is 25.1 Å². The maximum atomic E-state index is 11.3. The number of carbonyl (C=O) groups is 1. The quantitative estimate of drug-likeness (QED) is 0.436. The van der Waals surface area contributed by atoms with Gasteiger partial charge in [0.25, 0.3) is 0 Å². The molecule has 0 aromatic heterocycles. The number of hydrogen-bond acceptors (Lipinski definition) is 4. The number of benzene rings is 1. The summed E-state index contributed by atoms with van der Waals surface area (Å²) in [6, 6.07) is 4.11. The fourth-order valence-electron chi connectivity index (χ4n) is 1.09. The lowest BCUT2D eigenvalue weighted by molar-refractivity contribution is -0.116. The molecule has 0 bridgehead atoms. The van der Waals surface area contributed by atoms with Crippen LogP contribution in [0, 0.1) is 0 Å². The van der Waals surface area contributed by atoms with Gasteiger partial charge in [-0.1, -0.05) is 0 Å². The van der Waals surface area contributed by atoms with Crippen molar-refractivity contribution in [1.82, 2.24) is 0 Å². The number of hydrogen-bond donors (Lipinski definition) is 4. The van der Waals surface area contributed by atoms with Gasteiger partial charge in [-0.25, -0.2) is 0 Å². The lowest BCUT2D eigenvalue weighted by atomic mass is 10.2. The lowest BCUT2D eigenvalue weighted by Crippen LogP contribution is -2.13. The molecule has 0 radical (unpaired) electrons. The summed E-state index contributed by atoms with van der Waals surface area (Å²) in [6.07, 6.45) is 0.966. The van der Waals surface area contributed by atoms with Crippen molar-refractivity contribution >= 4 is 11.6 Å². The second-order valence-corrected chi connectivity index (χ2v) is 3.14. The highest BCUT2D eigenvalue weighted by molar-refractivity contribution is 5.91. The third-order valence-electron chi connectivity index (χ3n) is 1.87. The second kappa shape index (κ2) is 5.21. The number of aromatic hydroxyl groups is 2. The standard InChI is InChI=1S/C10H14N2O3/c11-5-1-2-10(15)12-7-3-4-8(13)9(14)6-7/h3-4,6,13-14H,1-2,5,11H2,(H,12,15). The Morgan fingerprint density at radius 1 is 1.33 bits per heavy atom. The van der Waals surface area contributed by atoms with Crippen LogP contribution >= 0.6 is 0 Å². The van der Waals surface area contributed by atoms with Gasteiger partial charge in [0, 0.05) is 18.2 Å². The summed E-state index contributed by atoms with van der Waals surface area (Å²) in [5.41, 5.74) is 5.71. The number of rotatable bonds is 4. The number of anilines is 1. The second-order valence-electron chi connectivity index (χ2n) is 3.14. The van der Waals surface area contributed by atoms with E-state index in [1.807, 2.05) is 0 Å². The molecule has 15 heavy (non-hydrogen) atoms. The van der Waals surface area contributed by atoms with Gasteiger partial charge in [0.05, 0.1) is 0 Å². The molecule has 1 rings (SSSR count). The average molecular weight is 210 g/mol. The topological polar surface area (TPSA) is 95.6 Å². The van der Waals surface area contributed by atoms with E-state index in [2.05, 4.69) is 5.32 Å². The van der Waals surface area contributed by atoms with Gasteiger partial charge in [0.2, 0.25) is 5.91 Å². The summed E-state index contributed by atoms with van der Waals surface area (Å²) < 4.78 is 0. The van der Waals surface area contributed by atoms with E-state index in [-0.39, 0.29) is 17.4 Å². The molecule has 5 N–H and O–H groups in total. The molecule has 0 aliphatic rings. The Labute approximate surface area is 87.5 Å². The summed E-state index contributed by atoms with van der Waals surface area (Å²) in [5.74, 6) is -0.632. The Hall–Kier alpha value is -1.75. The third-order valence-corrected chi connectivity index (χ3v) is 1.87. The zero-order valence-electron chi connectivity index (χ0n) is 8.23. The summed E-state index contributed by atoms with van der Waals surface area (Å²) in [7, 11) is 0. The molecule has 1 amide bonds. The molecule has 0 aliphatic heterocycles. The van der Waals surface area contributed by atoms with Gasteiger partial charge in [-0.15, -0.1) is 0 Å². The van der Waals surface area contributed by atoms with Gasteiger partial charge >= 0.3 is 0 Å². The van der Waals surface area contributed by atoms with Crippen molar-refractivity contribution in [2.24, 2.45) is 5.73 Å². The van der Waals surface area contributed by atoms with Gasteiger partial charge in [-0.3, -0.25) is 4.79 Å². The Bertz CT molecular complexity index is 353. The van der Waals surface area contributed by atoms with Gasteiger partial charge in [-0.2, -0.15) is 0 Å². The number of phenols is 2. The number of nitrogens with one attached hydrogen (secondary N) is 1. The molecule has 0 fully saturated rings. The molecule has 82 valence electrons. The maximum Gasteiger partial charge on any atom is 0.224 e. The van der Waals surface area contributed by atoms with E-state index in [1.54, 1.807) is 0 Å². The van der Waals surface area contributed by atoms with E-state index >= 15 is 0 Å². The van der Waals surface area contributed by atoms with Crippen LogP contribution in [-0.4, -0.2) is 22.7 Å². The van der Waals surface area contributed by atoms with E-state index in [0.717, 1.165) is 0 Å². The van der Waals surface area contributed by atoms with Crippen molar-refractivity contribution in [3.05, 3.63) is 18.2 Å². The number of phenolic OH excluding ortho intramolecular Hbond substituents is 2. The van der Waals surface area contributed by atoms with Crippen LogP contribution in [0.2, 0.25) is 0 Å². The van der Waals surface area contributed by atoms with Crippen molar-refractivity contribution in [2.75, 3.05) is 11.9 Å². The first-order valence-electron chi connectivity index (χ1n) is 4.65. The zero-order valence-corrected chi connectivity index (χ0v) is 8.23. The smallest absolute Gasteiger partial charge is 0.224 e. The van der Waals surface area contributed by atoms with Crippen LogP contribution in [0.1, 0.15) is 12.8 Å². The third kappa shape index (κ3) is 3.47. The minimum Gasteiger partial charge on any atom is -0.504 e. The van der Waals surface area contributed by atoms with E-state index in [4.69, 9.17) is 15.9 Å². The van der Waals surface area contributed by atoms with Gasteiger partial charge < -0.3 is 21.3 Å². The number of nitrogens with two attached hydrogens (primary N) is 1. The van der Waals surface area contributed by atoms with Crippen molar-refractivity contribution in [1.29, 1.82) is 0 Å². The van der Waals surface area contributed by atoms with E-state index in [1.165, 1.54) is 18.2 Å². The van der Waals surface area contributed by atoms with Crippen LogP contribution in [0.3, 0.4) is 0 Å². The van der Waals surface area contributed by atoms with Crippen LogP contribution in [0.25, 0.3) is 0 Å². The molecule has 0 spiro atoms. The van der Waals surface area contributed by atoms with Gasteiger partial charge in [-0.05, 0) is 25.1 Å². The zero-order chi connectivity index (χ0) is 11.3. The Kier molecular flexibility index (Phi) is 3.93. The largest absolute Gasteiger partial charge is 0.504 e. The fraction of sp³-hybridized carbons (Fsp3) is 0.300. The van der Waals surface area contributed by atoms with Crippen molar-refractivity contribution in [2.45, 2.75) is 12.8 Å².